The number of para-hydroxylation sites is 2. The van der Waals surface area contributed by atoms with E-state index in [0.29, 0.717) is 30.0 Å². The zero-order valence-corrected chi connectivity index (χ0v) is 14.6. The number of aliphatic carboxylic acids is 1. The highest BCUT2D eigenvalue weighted by atomic mass is 16.4. The summed E-state index contributed by atoms with van der Waals surface area (Å²) < 4.78 is 5.74. The molecule has 0 atom stereocenters. The van der Waals surface area contributed by atoms with Crippen molar-refractivity contribution in [1.82, 2.24) is 4.98 Å². The van der Waals surface area contributed by atoms with Crippen molar-refractivity contribution in [3.8, 4) is 11.5 Å². The molecule has 27 heavy (non-hydrogen) atoms. The minimum Gasteiger partial charge on any atom is -0.478 e. The van der Waals surface area contributed by atoms with Gasteiger partial charge >= 0.3 is 5.97 Å². The first kappa shape index (κ1) is 17.0. The number of aromatic nitrogens is 1. The average Bonchev–Trinajstić information content (AvgIpc) is 3.12. The van der Waals surface area contributed by atoms with Crippen LogP contribution in [-0.2, 0) is 9.59 Å². The molecule has 1 aromatic heterocycles. The molecular weight excluding hydrogens is 344 g/mol. The minimum absolute atomic E-state index is 0.224. The third-order valence-electron chi connectivity index (χ3n) is 4.68. The van der Waals surface area contributed by atoms with E-state index in [1.54, 1.807) is 12.1 Å². The number of carbonyl (C=O) groups excluding carboxylic acids is 1. The number of benzene rings is 2. The Balaban J connectivity index is 1.54. The first-order valence-corrected chi connectivity index (χ1v) is 8.84. The van der Waals surface area contributed by atoms with Gasteiger partial charge < -0.3 is 14.8 Å². The van der Waals surface area contributed by atoms with Gasteiger partial charge in [0.05, 0.1) is 0 Å². The molecule has 0 bridgehead atoms. The Bertz CT molecular complexity index is 1010. The number of carboxylic acid groups (broad SMARTS) is 1. The molecule has 3 aromatic rings. The summed E-state index contributed by atoms with van der Waals surface area (Å²) in [7, 11) is 0. The van der Waals surface area contributed by atoms with Crippen LogP contribution in [0.2, 0.25) is 0 Å². The van der Waals surface area contributed by atoms with E-state index in [2.05, 4.69) is 10.3 Å². The molecule has 2 aromatic carbocycles. The van der Waals surface area contributed by atoms with Crippen LogP contribution in [-0.4, -0.2) is 22.0 Å². The molecule has 1 heterocycles. The molecule has 0 aliphatic heterocycles. The van der Waals surface area contributed by atoms with Gasteiger partial charge in [-0.15, -0.1) is 0 Å². The fourth-order valence-electron chi connectivity index (χ4n) is 3.29. The first-order chi connectivity index (χ1) is 13.1. The molecule has 1 aliphatic carbocycles. The second-order valence-electron chi connectivity index (χ2n) is 6.49. The van der Waals surface area contributed by atoms with Gasteiger partial charge in [0.15, 0.2) is 5.58 Å². The van der Waals surface area contributed by atoms with Crippen LogP contribution in [0.5, 0.6) is 0 Å². The van der Waals surface area contributed by atoms with Gasteiger partial charge in [0.1, 0.15) is 5.52 Å². The van der Waals surface area contributed by atoms with E-state index >= 15 is 0 Å². The molecule has 136 valence electrons. The number of amides is 1. The van der Waals surface area contributed by atoms with Gasteiger partial charge in [-0.1, -0.05) is 12.1 Å². The lowest BCUT2D eigenvalue weighted by molar-refractivity contribution is -0.133. The van der Waals surface area contributed by atoms with E-state index in [4.69, 9.17) is 4.42 Å². The topological polar surface area (TPSA) is 92.4 Å². The van der Waals surface area contributed by atoms with E-state index in [1.165, 1.54) is 0 Å². The highest BCUT2D eigenvalue weighted by molar-refractivity contribution is 6.08. The molecular formula is C21H18N2O4. The lowest BCUT2D eigenvalue weighted by Gasteiger charge is -2.17. The van der Waals surface area contributed by atoms with Gasteiger partial charge in [0, 0.05) is 22.4 Å². The maximum atomic E-state index is 12.5. The molecule has 1 aliphatic rings. The molecule has 0 radical (unpaired) electrons. The standard InChI is InChI=1S/C21H18N2O4/c24-19(15-5-1-2-6-16(15)21(25)26)22-14-11-9-13(10-12-14)20-23-17-7-3-4-8-18(17)27-20/h3-4,7-12H,1-2,5-6H2,(H,22,24)(H,25,26). The number of nitrogens with zero attached hydrogens (tertiary/aromatic N) is 1. The molecule has 0 saturated heterocycles. The quantitative estimate of drug-likeness (QED) is 0.718. The van der Waals surface area contributed by atoms with Crippen molar-refractivity contribution in [3.63, 3.8) is 0 Å². The summed E-state index contributed by atoms with van der Waals surface area (Å²) in [6, 6.07) is 14.7. The van der Waals surface area contributed by atoms with Crippen molar-refractivity contribution in [2.45, 2.75) is 25.7 Å². The van der Waals surface area contributed by atoms with Crippen LogP contribution in [0.15, 0.2) is 64.1 Å². The van der Waals surface area contributed by atoms with Crippen LogP contribution in [0.25, 0.3) is 22.6 Å². The van der Waals surface area contributed by atoms with Crippen LogP contribution in [0.4, 0.5) is 5.69 Å². The van der Waals surface area contributed by atoms with Gasteiger partial charge in [-0.05, 0) is 62.1 Å². The largest absolute Gasteiger partial charge is 0.478 e. The van der Waals surface area contributed by atoms with Gasteiger partial charge in [0.25, 0.3) is 5.91 Å². The molecule has 6 nitrogen and oxygen atoms in total. The molecule has 6 heteroatoms. The van der Waals surface area contributed by atoms with Crippen LogP contribution >= 0.6 is 0 Å². The van der Waals surface area contributed by atoms with Gasteiger partial charge in [-0.25, -0.2) is 9.78 Å². The first-order valence-electron chi connectivity index (χ1n) is 8.84. The zero-order valence-electron chi connectivity index (χ0n) is 14.6. The lowest BCUT2D eigenvalue weighted by Crippen LogP contribution is -2.21. The van der Waals surface area contributed by atoms with Crippen molar-refractivity contribution in [2.75, 3.05) is 5.32 Å². The minimum atomic E-state index is -1.01. The van der Waals surface area contributed by atoms with E-state index in [1.807, 2.05) is 36.4 Å². The lowest BCUT2D eigenvalue weighted by atomic mass is 9.91. The summed E-state index contributed by atoms with van der Waals surface area (Å²) in [5.74, 6) is -0.843. The Morgan fingerprint density at radius 1 is 0.963 bits per heavy atom. The average molecular weight is 362 g/mol. The molecule has 0 spiro atoms. The molecule has 0 unspecified atom stereocenters. The van der Waals surface area contributed by atoms with Gasteiger partial charge in [-0.2, -0.15) is 0 Å². The van der Waals surface area contributed by atoms with Crippen LogP contribution in [0, 0.1) is 0 Å². The molecule has 4 rings (SSSR count). The second kappa shape index (κ2) is 7.07. The third-order valence-corrected chi connectivity index (χ3v) is 4.68. The predicted octanol–water partition coefficient (Wildman–Crippen LogP) is 4.39. The number of nitrogens with one attached hydrogen (secondary N) is 1. The number of hydrogen-bond acceptors (Lipinski definition) is 4. The van der Waals surface area contributed by atoms with Crippen molar-refractivity contribution in [2.24, 2.45) is 0 Å². The summed E-state index contributed by atoms with van der Waals surface area (Å²) in [5.41, 5.74) is 3.50. The number of hydrogen-bond donors (Lipinski definition) is 2. The number of carbonyl (C=O) groups is 2. The molecule has 2 N–H and O–H groups in total. The van der Waals surface area contributed by atoms with Crippen molar-refractivity contribution < 1.29 is 19.1 Å². The number of rotatable bonds is 4. The number of fused-ring (bicyclic) bond motifs is 1. The Kier molecular flexibility index (Phi) is 4.46. The van der Waals surface area contributed by atoms with E-state index in [-0.39, 0.29) is 11.5 Å². The number of anilines is 1. The Hall–Kier alpha value is -3.41. The number of oxazole rings is 1. The monoisotopic (exact) mass is 362 g/mol. The SMILES string of the molecule is O=C(O)C1=C(C(=O)Nc2ccc(-c3nc4ccccc4o3)cc2)CCCC1. The van der Waals surface area contributed by atoms with E-state index in [0.717, 1.165) is 29.5 Å². The number of carboxylic acids is 1. The van der Waals surface area contributed by atoms with Gasteiger partial charge in [0.2, 0.25) is 5.89 Å². The Labute approximate surface area is 155 Å². The highest BCUT2D eigenvalue weighted by Crippen LogP contribution is 2.28. The molecule has 1 amide bonds. The summed E-state index contributed by atoms with van der Waals surface area (Å²) in [5, 5.41) is 12.1. The summed E-state index contributed by atoms with van der Waals surface area (Å²) in [6.45, 7) is 0. The maximum absolute atomic E-state index is 12.5. The smallest absolute Gasteiger partial charge is 0.332 e. The summed E-state index contributed by atoms with van der Waals surface area (Å²) >= 11 is 0. The fraction of sp³-hybridized carbons (Fsp3) is 0.190. The highest BCUT2D eigenvalue weighted by Gasteiger charge is 2.23. The van der Waals surface area contributed by atoms with Crippen molar-refractivity contribution in [1.29, 1.82) is 0 Å². The molecule has 0 saturated carbocycles. The van der Waals surface area contributed by atoms with Crippen LogP contribution in [0.3, 0.4) is 0 Å². The van der Waals surface area contributed by atoms with Crippen LogP contribution < -0.4 is 5.32 Å². The van der Waals surface area contributed by atoms with Crippen LogP contribution in [0.1, 0.15) is 25.7 Å². The van der Waals surface area contributed by atoms with Crippen molar-refractivity contribution >= 4 is 28.7 Å². The van der Waals surface area contributed by atoms with E-state index in [9.17, 15) is 14.7 Å². The maximum Gasteiger partial charge on any atom is 0.332 e. The normalized spacial score (nSPS) is 14.4. The zero-order chi connectivity index (χ0) is 18.8. The summed E-state index contributed by atoms with van der Waals surface area (Å²) in [6.07, 6.45) is 2.57. The predicted molar refractivity (Wildman–Crippen MR) is 101 cm³/mol. The summed E-state index contributed by atoms with van der Waals surface area (Å²) in [4.78, 5) is 28.3. The fourth-order valence-corrected chi connectivity index (χ4v) is 3.29. The Morgan fingerprint density at radius 2 is 1.67 bits per heavy atom. The second-order valence-corrected chi connectivity index (χ2v) is 6.49. The van der Waals surface area contributed by atoms with Gasteiger partial charge in [-0.3, -0.25) is 4.79 Å². The third kappa shape index (κ3) is 3.46. The van der Waals surface area contributed by atoms with Crippen molar-refractivity contribution in [3.05, 3.63) is 59.7 Å². The Morgan fingerprint density at radius 3 is 2.37 bits per heavy atom. The van der Waals surface area contributed by atoms with E-state index < -0.39 is 5.97 Å². The molecule has 0 fully saturated rings.